The highest BCUT2D eigenvalue weighted by Crippen LogP contribution is 2.25. The van der Waals surface area contributed by atoms with Gasteiger partial charge in [0.1, 0.15) is 13.2 Å². The van der Waals surface area contributed by atoms with Gasteiger partial charge >= 0.3 is 5.97 Å². The Hall–Kier alpha value is -2.40. The zero-order chi connectivity index (χ0) is 15.9. The lowest BCUT2D eigenvalue weighted by Crippen LogP contribution is -2.10. The average molecular weight is 301 g/mol. The number of nitrogens with zero attached hydrogens (tertiary/aromatic N) is 1. The molecule has 22 heavy (non-hydrogen) atoms. The maximum atomic E-state index is 10.7. The van der Waals surface area contributed by atoms with Gasteiger partial charge < -0.3 is 14.6 Å². The zero-order valence-corrected chi connectivity index (χ0v) is 12.7. The average Bonchev–Trinajstić information content (AvgIpc) is 2.51. The summed E-state index contributed by atoms with van der Waals surface area (Å²) in [6.45, 7) is 3.75. The molecule has 0 aliphatic rings. The van der Waals surface area contributed by atoms with Crippen molar-refractivity contribution < 1.29 is 19.4 Å². The maximum Gasteiger partial charge on any atom is 0.302 e. The summed E-state index contributed by atoms with van der Waals surface area (Å²) in [4.78, 5) is 15.0. The van der Waals surface area contributed by atoms with Crippen LogP contribution in [0.2, 0.25) is 0 Å². The largest absolute Gasteiger partial charge is 0.474 e. The molecule has 1 N–H and O–H groups in total. The van der Waals surface area contributed by atoms with E-state index in [2.05, 4.69) is 4.98 Å². The molecule has 5 heteroatoms. The minimum atomic E-state index is -0.327. The number of aliphatic hydroxyl groups excluding tert-OH is 1. The molecule has 0 saturated heterocycles. The fourth-order valence-corrected chi connectivity index (χ4v) is 2.09. The van der Waals surface area contributed by atoms with Gasteiger partial charge in [-0.1, -0.05) is 18.2 Å². The molecule has 0 unspecified atom stereocenters. The predicted octanol–water partition coefficient (Wildman–Crippen LogP) is 2.49. The third-order valence-electron chi connectivity index (χ3n) is 3.12. The predicted molar refractivity (Wildman–Crippen MR) is 82.5 cm³/mol. The van der Waals surface area contributed by atoms with Crippen molar-refractivity contribution in [2.75, 3.05) is 13.2 Å². The van der Waals surface area contributed by atoms with Gasteiger partial charge in [-0.15, -0.1) is 0 Å². The first kappa shape index (κ1) is 16.0. The monoisotopic (exact) mass is 301 g/mol. The fraction of sp³-hybridized carbons (Fsp3) is 0.294. The zero-order valence-electron chi connectivity index (χ0n) is 12.7. The van der Waals surface area contributed by atoms with E-state index >= 15 is 0 Å². The molecule has 1 heterocycles. The van der Waals surface area contributed by atoms with E-state index in [1.165, 1.54) is 6.92 Å². The highest BCUT2D eigenvalue weighted by atomic mass is 16.6. The lowest BCUT2D eigenvalue weighted by molar-refractivity contribution is -0.141. The van der Waals surface area contributed by atoms with E-state index in [-0.39, 0.29) is 25.8 Å². The molecule has 116 valence electrons. The summed E-state index contributed by atoms with van der Waals surface area (Å²) in [5, 5.41) is 9.21. The van der Waals surface area contributed by atoms with Gasteiger partial charge in [-0.2, -0.15) is 0 Å². The second kappa shape index (κ2) is 7.56. The first-order valence-corrected chi connectivity index (χ1v) is 7.04. The van der Waals surface area contributed by atoms with Crippen LogP contribution in [0.3, 0.4) is 0 Å². The van der Waals surface area contributed by atoms with Crippen molar-refractivity contribution in [2.45, 2.75) is 20.5 Å². The van der Waals surface area contributed by atoms with Crippen molar-refractivity contribution in [3.8, 4) is 17.0 Å². The Bertz CT molecular complexity index is 655. The lowest BCUT2D eigenvalue weighted by Gasteiger charge is -2.10. The van der Waals surface area contributed by atoms with E-state index in [4.69, 9.17) is 9.47 Å². The highest BCUT2D eigenvalue weighted by Gasteiger charge is 2.06. The van der Waals surface area contributed by atoms with E-state index in [0.29, 0.717) is 5.88 Å². The quantitative estimate of drug-likeness (QED) is 0.656. The van der Waals surface area contributed by atoms with Gasteiger partial charge in [-0.3, -0.25) is 4.79 Å². The summed E-state index contributed by atoms with van der Waals surface area (Å²) in [6, 6.07) is 11.4. The Labute approximate surface area is 129 Å². The van der Waals surface area contributed by atoms with E-state index in [1.54, 1.807) is 6.07 Å². The van der Waals surface area contributed by atoms with Crippen LogP contribution in [0.5, 0.6) is 5.88 Å². The van der Waals surface area contributed by atoms with Crippen LogP contribution in [0.15, 0.2) is 36.4 Å². The molecular formula is C17H19NO4. The smallest absolute Gasteiger partial charge is 0.302 e. The topological polar surface area (TPSA) is 68.7 Å². The van der Waals surface area contributed by atoms with Crippen molar-refractivity contribution in [2.24, 2.45) is 0 Å². The van der Waals surface area contributed by atoms with Gasteiger partial charge in [0.25, 0.3) is 0 Å². The number of hydrogen-bond acceptors (Lipinski definition) is 5. The number of carbonyl (C=O) groups is 1. The summed E-state index contributed by atoms with van der Waals surface area (Å²) >= 11 is 0. The molecule has 0 atom stereocenters. The summed E-state index contributed by atoms with van der Waals surface area (Å²) in [5.74, 6) is 0.165. The second-order valence-corrected chi connectivity index (χ2v) is 4.83. The molecule has 0 saturated carbocycles. The van der Waals surface area contributed by atoms with Crippen LogP contribution < -0.4 is 4.74 Å². The SMILES string of the molecule is CC(=O)OCCOc1ccc(-c2cccc(CO)c2)c(C)n1. The summed E-state index contributed by atoms with van der Waals surface area (Å²) in [5.41, 5.74) is 3.68. The molecule has 5 nitrogen and oxygen atoms in total. The van der Waals surface area contributed by atoms with Gasteiger partial charge in [-0.25, -0.2) is 4.98 Å². The summed E-state index contributed by atoms with van der Waals surface area (Å²) in [7, 11) is 0. The number of aryl methyl sites for hydroxylation is 1. The van der Waals surface area contributed by atoms with E-state index in [9.17, 15) is 9.90 Å². The van der Waals surface area contributed by atoms with Crippen LogP contribution >= 0.6 is 0 Å². The van der Waals surface area contributed by atoms with E-state index in [0.717, 1.165) is 22.4 Å². The van der Waals surface area contributed by atoms with E-state index < -0.39 is 0 Å². The maximum absolute atomic E-state index is 10.7. The van der Waals surface area contributed by atoms with Crippen molar-refractivity contribution in [3.05, 3.63) is 47.7 Å². The van der Waals surface area contributed by atoms with Crippen molar-refractivity contribution in [1.29, 1.82) is 0 Å². The van der Waals surface area contributed by atoms with Gasteiger partial charge in [0.05, 0.1) is 6.61 Å². The van der Waals surface area contributed by atoms with Crippen LogP contribution in [0.4, 0.5) is 0 Å². The highest BCUT2D eigenvalue weighted by molar-refractivity contribution is 5.67. The third kappa shape index (κ3) is 4.30. The van der Waals surface area contributed by atoms with Crippen molar-refractivity contribution in [3.63, 3.8) is 0 Å². The molecule has 0 aliphatic carbocycles. The molecule has 2 rings (SSSR count). The number of rotatable bonds is 6. The summed E-state index contributed by atoms with van der Waals surface area (Å²) < 4.78 is 10.2. The number of hydrogen-bond donors (Lipinski definition) is 1. The van der Waals surface area contributed by atoms with Crippen LogP contribution in [0.1, 0.15) is 18.2 Å². The molecule has 0 fully saturated rings. The molecule has 1 aromatic heterocycles. The molecule has 0 spiro atoms. The normalized spacial score (nSPS) is 10.3. The van der Waals surface area contributed by atoms with Crippen LogP contribution in [-0.2, 0) is 16.1 Å². The Kier molecular flexibility index (Phi) is 5.49. The molecule has 2 aromatic rings. The van der Waals surface area contributed by atoms with Gasteiger partial charge in [0.15, 0.2) is 0 Å². The minimum absolute atomic E-state index is 0.0116. The van der Waals surface area contributed by atoms with E-state index in [1.807, 2.05) is 37.3 Å². The first-order chi connectivity index (χ1) is 10.6. The van der Waals surface area contributed by atoms with Crippen LogP contribution in [0, 0.1) is 6.92 Å². The molecule has 0 radical (unpaired) electrons. The second-order valence-electron chi connectivity index (χ2n) is 4.83. The Morgan fingerprint density at radius 3 is 2.73 bits per heavy atom. The van der Waals surface area contributed by atoms with Crippen molar-refractivity contribution in [1.82, 2.24) is 4.98 Å². The number of aliphatic hydroxyl groups is 1. The first-order valence-electron chi connectivity index (χ1n) is 7.04. The van der Waals surface area contributed by atoms with Gasteiger partial charge in [0.2, 0.25) is 5.88 Å². The molecule has 0 aliphatic heterocycles. The number of esters is 1. The molecule has 1 aromatic carbocycles. The number of carbonyl (C=O) groups excluding carboxylic acids is 1. The summed E-state index contributed by atoms with van der Waals surface area (Å²) in [6.07, 6.45) is 0. The van der Waals surface area contributed by atoms with Gasteiger partial charge in [-0.05, 0) is 30.2 Å². The van der Waals surface area contributed by atoms with Gasteiger partial charge in [0, 0.05) is 24.2 Å². The number of benzene rings is 1. The third-order valence-corrected chi connectivity index (χ3v) is 3.12. The standard InChI is InChI=1S/C17H19NO4/c1-12-16(15-5-3-4-14(10-15)11-19)6-7-17(18-12)22-9-8-21-13(2)20/h3-7,10,19H,8-9,11H2,1-2H3. The Morgan fingerprint density at radius 1 is 1.23 bits per heavy atom. The molecule has 0 amide bonds. The molecular weight excluding hydrogens is 282 g/mol. The lowest BCUT2D eigenvalue weighted by atomic mass is 10.0. The Balaban J connectivity index is 2.07. The number of pyridine rings is 1. The van der Waals surface area contributed by atoms with Crippen molar-refractivity contribution >= 4 is 5.97 Å². The minimum Gasteiger partial charge on any atom is -0.474 e. The molecule has 0 bridgehead atoms. The Morgan fingerprint density at radius 2 is 2.05 bits per heavy atom. The van der Waals surface area contributed by atoms with Crippen LogP contribution in [-0.4, -0.2) is 29.3 Å². The van der Waals surface area contributed by atoms with Crippen LogP contribution in [0.25, 0.3) is 11.1 Å². The number of ether oxygens (including phenoxy) is 2. The fourth-order valence-electron chi connectivity index (χ4n) is 2.09. The number of aromatic nitrogens is 1.